The molecule has 0 aliphatic carbocycles. The Kier molecular flexibility index (Phi) is 5.48. The number of anilines is 1. The molecule has 0 radical (unpaired) electrons. The van der Waals surface area contributed by atoms with Crippen LogP contribution in [0.3, 0.4) is 0 Å². The molecule has 2 aliphatic rings. The summed E-state index contributed by atoms with van der Waals surface area (Å²) >= 11 is 0. The minimum atomic E-state index is -0.0333. The summed E-state index contributed by atoms with van der Waals surface area (Å²) in [5, 5.41) is 3.02. The number of hydrogen-bond donors (Lipinski definition) is 1. The molecule has 2 aliphatic heterocycles. The van der Waals surface area contributed by atoms with E-state index in [1.807, 2.05) is 24.4 Å². The van der Waals surface area contributed by atoms with Gasteiger partial charge in [-0.1, -0.05) is 30.3 Å². The van der Waals surface area contributed by atoms with Crippen molar-refractivity contribution in [2.75, 3.05) is 37.7 Å². The Bertz CT molecular complexity index is 777. The number of carbonyl (C=O) groups is 1. The van der Waals surface area contributed by atoms with Gasteiger partial charge in [0, 0.05) is 31.4 Å². The van der Waals surface area contributed by atoms with Gasteiger partial charge in [-0.25, -0.2) is 14.8 Å². The molecule has 1 N–H and O–H groups in total. The lowest BCUT2D eigenvalue weighted by Gasteiger charge is -2.26. The van der Waals surface area contributed by atoms with Gasteiger partial charge in [0.25, 0.3) is 0 Å². The first kappa shape index (κ1) is 17.7. The SMILES string of the molecule is O=C(NCCCc1ccccc1)N1Cc2cnc(N3CCOCC3)nc2C1. The lowest BCUT2D eigenvalue weighted by atomic mass is 10.1. The standard InChI is InChI=1S/C20H25N5O2/c26-20(21-8-4-7-16-5-2-1-3-6-16)25-14-17-13-22-19(23-18(17)15-25)24-9-11-27-12-10-24/h1-3,5-6,13H,4,7-12,14-15H2,(H,21,26). The lowest BCUT2D eigenvalue weighted by Crippen LogP contribution is -2.37. The van der Waals surface area contributed by atoms with E-state index in [0.717, 1.165) is 43.1 Å². The van der Waals surface area contributed by atoms with Crippen LogP contribution in [0.1, 0.15) is 23.2 Å². The molecule has 0 bridgehead atoms. The van der Waals surface area contributed by atoms with Gasteiger partial charge in [-0.2, -0.15) is 0 Å². The second-order valence-corrected chi connectivity index (χ2v) is 6.92. The van der Waals surface area contributed by atoms with Crippen molar-refractivity contribution in [3.05, 3.63) is 53.3 Å². The fourth-order valence-electron chi connectivity index (χ4n) is 3.45. The molecule has 0 unspecified atom stereocenters. The molecule has 3 heterocycles. The predicted octanol–water partition coefficient (Wildman–Crippen LogP) is 1.97. The summed E-state index contributed by atoms with van der Waals surface area (Å²) in [6, 6.07) is 10.3. The lowest BCUT2D eigenvalue weighted by molar-refractivity contribution is 0.122. The van der Waals surface area contributed by atoms with Gasteiger partial charge in [-0.15, -0.1) is 0 Å². The van der Waals surface area contributed by atoms with Gasteiger partial charge in [0.05, 0.1) is 32.0 Å². The van der Waals surface area contributed by atoms with E-state index >= 15 is 0 Å². The van der Waals surface area contributed by atoms with E-state index in [9.17, 15) is 4.79 Å². The minimum Gasteiger partial charge on any atom is -0.378 e. The van der Waals surface area contributed by atoms with Crippen LogP contribution in [0.2, 0.25) is 0 Å². The Labute approximate surface area is 159 Å². The topological polar surface area (TPSA) is 70.6 Å². The van der Waals surface area contributed by atoms with Crippen molar-refractivity contribution in [2.24, 2.45) is 0 Å². The summed E-state index contributed by atoms with van der Waals surface area (Å²) in [5.74, 6) is 0.738. The Hall–Kier alpha value is -2.67. The number of ether oxygens (including phenoxy) is 1. The monoisotopic (exact) mass is 367 g/mol. The smallest absolute Gasteiger partial charge is 0.318 e. The van der Waals surface area contributed by atoms with Crippen molar-refractivity contribution in [1.82, 2.24) is 20.2 Å². The Morgan fingerprint density at radius 3 is 2.78 bits per heavy atom. The molecule has 27 heavy (non-hydrogen) atoms. The number of rotatable bonds is 5. The zero-order valence-corrected chi connectivity index (χ0v) is 15.4. The number of benzene rings is 1. The summed E-state index contributed by atoms with van der Waals surface area (Å²) in [5.41, 5.74) is 3.28. The Morgan fingerprint density at radius 2 is 1.96 bits per heavy atom. The van der Waals surface area contributed by atoms with Gasteiger partial charge < -0.3 is 19.9 Å². The van der Waals surface area contributed by atoms with E-state index in [1.165, 1.54) is 5.56 Å². The van der Waals surface area contributed by atoms with Crippen LogP contribution in [0.15, 0.2) is 36.5 Å². The van der Waals surface area contributed by atoms with Crippen LogP contribution in [-0.4, -0.2) is 53.7 Å². The number of urea groups is 1. The molecule has 2 aromatic rings. The van der Waals surface area contributed by atoms with Crippen molar-refractivity contribution in [2.45, 2.75) is 25.9 Å². The summed E-state index contributed by atoms with van der Waals surface area (Å²) in [6.45, 7) is 4.82. The number of carbonyl (C=O) groups excluding carboxylic acids is 1. The molecule has 142 valence electrons. The highest BCUT2D eigenvalue weighted by Crippen LogP contribution is 2.22. The molecule has 1 fully saturated rings. The molecule has 0 spiro atoms. The van der Waals surface area contributed by atoms with Gasteiger partial charge in [-0.3, -0.25) is 0 Å². The Morgan fingerprint density at radius 1 is 1.15 bits per heavy atom. The molecule has 7 heteroatoms. The number of nitrogens with zero attached hydrogens (tertiary/aromatic N) is 4. The third-order valence-corrected chi connectivity index (χ3v) is 4.99. The zero-order chi connectivity index (χ0) is 18.5. The van der Waals surface area contributed by atoms with Gasteiger partial charge in [0.15, 0.2) is 0 Å². The third kappa shape index (κ3) is 4.36. The van der Waals surface area contributed by atoms with Gasteiger partial charge in [0.2, 0.25) is 5.95 Å². The van der Waals surface area contributed by atoms with E-state index in [-0.39, 0.29) is 6.03 Å². The molecular weight excluding hydrogens is 342 g/mol. The summed E-state index contributed by atoms with van der Waals surface area (Å²) < 4.78 is 5.38. The normalized spacial score (nSPS) is 16.3. The molecule has 2 amide bonds. The van der Waals surface area contributed by atoms with Crippen LogP contribution in [0, 0.1) is 0 Å². The quantitative estimate of drug-likeness (QED) is 0.818. The van der Waals surface area contributed by atoms with Crippen LogP contribution < -0.4 is 10.2 Å². The maximum atomic E-state index is 12.5. The molecule has 1 aromatic heterocycles. The largest absolute Gasteiger partial charge is 0.378 e. The maximum Gasteiger partial charge on any atom is 0.318 e. The third-order valence-electron chi connectivity index (χ3n) is 4.99. The molecular formula is C20H25N5O2. The highest BCUT2D eigenvalue weighted by Gasteiger charge is 2.26. The van der Waals surface area contributed by atoms with Crippen molar-refractivity contribution in [1.29, 1.82) is 0 Å². The average molecular weight is 367 g/mol. The Balaban J connectivity index is 1.26. The van der Waals surface area contributed by atoms with Crippen LogP contribution in [0.5, 0.6) is 0 Å². The number of aromatic nitrogens is 2. The van der Waals surface area contributed by atoms with Gasteiger partial charge >= 0.3 is 6.03 Å². The molecule has 1 saturated heterocycles. The first-order chi connectivity index (χ1) is 13.3. The predicted molar refractivity (Wildman–Crippen MR) is 102 cm³/mol. The van der Waals surface area contributed by atoms with E-state index in [1.54, 1.807) is 4.90 Å². The summed E-state index contributed by atoms with van der Waals surface area (Å²) in [4.78, 5) is 25.5. The number of morpholine rings is 1. The van der Waals surface area contributed by atoms with E-state index < -0.39 is 0 Å². The highest BCUT2D eigenvalue weighted by molar-refractivity contribution is 5.74. The zero-order valence-electron chi connectivity index (χ0n) is 15.4. The van der Waals surface area contributed by atoms with Gasteiger partial charge in [0.1, 0.15) is 0 Å². The fraction of sp³-hybridized carbons (Fsp3) is 0.450. The minimum absolute atomic E-state index is 0.0333. The van der Waals surface area contributed by atoms with Crippen LogP contribution in [0.4, 0.5) is 10.7 Å². The van der Waals surface area contributed by atoms with E-state index in [2.05, 4.69) is 32.3 Å². The van der Waals surface area contributed by atoms with Crippen molar-refractivity contribution in [3.8, 4) is 0 Å². The van der Waals surface area contributed by atoms with Crippen molar-refractivity contribution in [3.63, 3.8) is 0 Å². The van der Waals surface area contributed by atoms with Crippen LogP contribution in [-0.2, 0) is 24.2 Å². The van der Waals surface area contributed by atoms with Crippen molar-refractivity contribution >= 4 is 12.0 Å². The van der Waals surface area contributed by atoms with Crippen LogP contribution >= 0.6 is 0 Å². The molecule has 4 rings (SSSR count). The summed E-state index contributed by atoms with van der Waals surface area (Å²) in [6.07, 6.45) is 3.75. The van der Waals surface area contributed by atoms with Crippen molar-refractivity contribution < 1.29 is 9.53 Å². The number of hydrogen-bond acceptors (Lipinski definition) is 5. The first-order valence-corrected chi connectivity index (χ1v) is 9.54. The van der Waals surface area contributed by atoms with Gasteiger partial charge in [-0.05, 0) is 18.4 Å². The second-order valence-electron chi connectivity index (χ2n) is 6.92. The number of amides is 2. The maximum absolute atomic E-state index is 12.5. The average Bonchev–Trinajstić information content (AvgIpc) is 3.16. The molecule has 0 atom stereocenters. The first-order valence-electron chi connectivity index (χ1n) is 9.54. The fourth-order valence-corrected chi connectivity index (χ4v) is 3.45. The van der Waals surface area contributed by atoms with E-state index in [4.69, 9.17) is 4.74 Å². The number of fused-ring (bicyclic) bond motifs is 1. The number of nitrogens with one attached hydrogen (secondary N) is 1. The van der Waals surface area contributed by atoms with E-state index in [0.29, 0.717) is 32.8 Å². The van der Waals surface area contributed by atoms with Crippen LogP contribution in [0.25, 0.3) is 0 Å². The number of aryl methyl sites for hydroxylation is 1. The molecule has 1 aromatic carbocycles. The molecule has 7 nitrogen and oxygen atoms in total. The highest BCUT2D eigenvalue weighted by atomic mass is 16.5. The second kappa shape index (κ2) is 8.35. The summed E-state index contributed by atoms with van der Waals surface area (Å²) in [7, 11) is 0. The molecule has 0 saturated carbocycles.